The normalized spacial score (nSPS) is 11.9. The van der Waals surface area contributed by atoms with E-state index in [4.69, 9.17) is 9.97 Å². The molecule has 0 radical (unpaired) electrons. The van der Waals surface area contributed by atoms with Gasteiger partial charge in [-0.25, -0.2) is 9.97 Å². The molecule has 0 amide bonds. The summed E-state index contributed by atoms with van der Waals surface area (Å²) >= 11 is 0. The molecule has 236 valence electrons. The van der Waals surface area contributed by atoms with Gasteiger partial charge in [-0.1, -0.05) is 133 Å². The molecule has 0 spiro atoms. The van der Waals surface area contributed by atoms with Gasteiger partial charge in [0.15, 0.2) is 5.82 Å². The highest BCUT2D eigenvalue weighted by molar-refractivity contribution is 6.02. The van der Waals surface area contributed by atoms with E-state index in [1.807, 2.05) is 36.4 Å². The lowest BCUT2D eigenvalue weighted by Gasteiger charge is -2.40. The van der Waals surface area contributed by atoms with E-state index in [9.17, 15) is 0 Å². The second-order valence-corrected chi connectivity index (χ2v) is 12.3. The molecule has 50 heavy (non-hydrogen) atoms. The minimum atomic E-state index is 0.708. The Morgan fingerprint density at radius 1 is 0.280 bits per heavy atom. The molecular weight excluding hydrogens is 609 g/mol. The Bertz CT molecular complexity index is 2370. The van der Waals surface area contributed by atoms with Crippen LogP contribution in [-0.2, 0) is 0 Å². The summed E-state index contributed by atoms with van der Waals surface area (Å²) < 4.78 is 0. The molecule has 7 aromatic carbocycles. The van der Waals surface area contributed by atoms with Crippen LogP contribution in [0.4, 0.5) is 34.1 Å². The molecule has 1 aliphatic heterocycles. The van der Waals surface area contributed by atoms with Crippen LogP contribution in [0.2, 0.25) is 0 Å². The second-order valence-electron chi connectivity index (χ2n) is 12.3. The molecule has 0 saturated carbocycles. The van der Waals surface area contributed by atoms with Crippen molar-refractivity contribution < 1.29 is 0 Å². The molecule has 2 heterocycles. The van der Waals surface area contributed by atoms with Gasteiger partial charge in [-0.05, 0) is 71.8 Å². The van der Waals surface area contributed by atoms with Crippen LogP contribution >= 0.6 is 0 Å². The Kier molecular flexibility index (Phi) is 7.45. The van der Waals surface area contributed by atoms with Gasteiger partial charge in [0.2, 0.25) is 0 Å². The van der Waals surface area contributed by atoms with Gasteiger partial charge < -0.3 is 9.80 Å². The minimum absolute atomic E-state index is 0.708. The van der Waals surface area contributed by atoms with E-state index in [1.54, 1.807) is 0 Å². The largest absolute Gasteiger partial charge is 0.306 e. The first-order valence-corrected chi connectivity index (χ1v) is 16.8. The lowest BCUT2D eigenvalue weighted by Crippen LogP contribution is -2.24. The number of benzene rings is 7. The number of aromatic nitrogens is 2. The van der Waals surface area contributed by atoms with E-state index in [2.05, 4.69) is 168 Å². The first kappa shape index (κ1) is 29.4. The molecular formula is C46H32N4. The third-order valence-electron chi connectivity index (χ3n) is 9.17. The fourth-order valence-electron chi connectivity index (χ4n) is 6.81. The van der Waals surface area contributed by atoms with E-state index >= 15 is 0 Å². The molecule has 4 heteroatoms. The highest BCUT2D eigenvalue weighted by atomic mass is 15.3. The van der Waals surface area contributed by atoms with Crippen molar-refractivity contribution in [3.63, 3.8) is 0 Å². The molecule has 0 saturated heterocycles. The van der Waals surface area contributed by atoms with E-state index in [0.29, 0.717) is 5.82 Å². The summed E-state index contributed by atoms with van der Waals surface area (Å²) in [6, 6.07) is 68.0. The van der Waals surface area contributed by atoms with Gasteiger partial charge in [0.1, 0.15) is 0 Å². The number of fused-ring (bicyclic) bond motifs is 2. The van der Waals surface area contributed by atoms with Crippen molar-refractivity contribution in [2.75, 3.05) is 9.80 Å². The zero-order valence-corrected chi connectivity index (χ0v) is 27.3. The first-order valence-electron chi connectivity index (χ1n) is 16.8. The maximum atomic E-state index is 5.10. The van der Waals surface area contributed by atoms with Gasteiger partial charge in [-0.3, -0.25) is 0 Å². The molecule has 0 aliphatic carbocycles. The van der Waals surface area contributed by atoms with Crippen LogP contribution in [0.3, 0.4) is 0 Å². The Balaban J connectivity index is 1.19. The summed E-state index contributed by atoms with van der Waals surface area (Å²) in [5.74, 6) is 0.708. The zero-order chi connectivity index (χ0) is 33.3. The van der Waals surface area contributed by atoms with Crippen LogP contribution in [0.5, 0.6) is 0 Å². The molecule has 9 rings (SSSR count). The number of para-hydroxylation sites is 4. The van der Waals surface area contributed by atoms with Crippen LogP contribution in [0.25, 0.3) is 45.0 Å². The standard InChI is InChI=1S/C46H32N4/c1-5-16-33(17-6-1)40-32-41(48-46(47-40)34-18-7-2-8-19-34)37-21-15-20-35(30-37)36-28-29-44-45(31-36)50(39-24-11-4-12-25-39)43-27-14-13-26-42(43)49(44)38-22-9-3-10-23-38/h1-32H. The Labute approximate surface area is 292 Å². The van der Waals surface area contributed by atoms with Crippen molar-refractivity contribution >= 4 is 34.1 Å². The van der Waals surface area contributed by atoms with Gasteiger partial charge in [-0.15, -0.1) is 0 Å². The van der Waals surface area contributed by atoms with E-state index in [-0.39, 0.29) is 0 Å². The van der Waals surface area contributed by atoms with Crippen LogP contribution in [0.15, 0.2) is 194 Å². The second kappa shape index (κ2) is 12.7. The van der Waals surface area contributed by atoms with Crippen LogP contribution < -0.4 is 9.80 Å². The Hall–Kier alpha value is -6.78. The van der Waals surface area contributed by atoms with E-state index < -0.39 is 0 Å². The van der Waals surface area contributed by atoms with E-state index in [1.165, 1.54) is 0 Å². The molecule has 4 nitrogen and oxygen atoms in total. The molecule has 0 atom stereocenters. The molecule has 8 aromatic rings. The predicted octanol–water partition coefficient (Wildman–Crippen LogP) is 12.4. The number of hydrogen-bond acceptors (Lipinski definition) is 4. The molecule has 0 fully saturated rings. The van der Waals surface area contributed by atoms with E-state index in [0.717, 1.165) is 73.3 Å². The molecule has 1 aliphatic rings. The minimum Gasteiger partial charge on any atom is -0.306 e. The van der Waals surface area contributed by atoms with Crippen LogP contribution in [0, 0.1) is 0 Å². The quantitative estimate of drug-likeness (QED) is 0.181. The summed E-state index contributed by atoms with van der Waals surface area (Å²) in [4.78, 5) is 14.8. The Morgan fingerprint density at radius 2 is 0.720 bits per heavy atom. The fourth-order valence-corrected chi connectivity index (χ4v) is 6.81. The fraction of sp³-hybridized carbons (Fsp3) is 0. The third kappa shape index (κ3) is 5.39. The Morgan fingerprint density at radius 3 is 1.34 bits per heavy atom. The SMILES string of the molecule is c1ccc(-c2cc(-c3cccc(-c4ccc5c(c4)N(c4ccccc4)c4ccccc4N5c4ccccc4)c3)nc(-c3ccccc3)n2)cc1. The van der Waals surface area contributed by atoms with Crippen molar-refractivity contribution in [2.45, 2.75) is 0 Å². The number of nitrogens with zero attached hydrogens (tertiary/aromatic N) is 4. The molecule has 0 unspecified atom stereocenters. The van der Waals surface area contributed by atoms with Crippen LogP contribution in [-0.4, -0.2) is 9.97 Å². The first-order chi connectivity index (χ1) is 24.8. The number of rotatable bonds is 6. The maximum absolute atomic E-state index is 5.10. The average Bonchev–Trinajstić information content (AvgIpc) is 3.21. The molecule has 0 bridgehead atoms. The smallest absolute Gasteiger partial charge is 0.160 e. The molecule has 0 N–H and O–H groups in total. The molecule has 1 aromatic heterocycles. The predicted molar refractivity (Wildman–Crippen MR) is 207 cm³/mol. The van der Waals surface area contributed by atoms with Gasteiger partial charge in [0.25, 0.3) is 0 Å². The number of hydrogen-bond donors (Lipinski definition) is 0. The zero-order valence-electron chi connectivity index (χ0n) is 27.3. The van der Waals surface area contributed by atoms with Gasteiger partial charge in [-0.2, -0.15) is 0 Å². The summed E-state index contributed by atoms with van der Waals surface area (Å²) in [6.07, 6.45) is 0. The van der Waals surface area contributed by atoms with Crippen molar-refractivity contribution in [3.05, 3.63) is 194 Å². The lowest BCUT2D eigenvalue weighted by molar-refractivity contribution is 1.17. The van der Waals surface area contributed by atoms with Gasteiger partial charge >= 0.3 is 0 Å². The highest BCUT2D eigenvalue weighted by Crippen LogP contribution is 2.54. The van der Waals surface area contributed by atoms with Crippen molar-refractivity contribution in [1.29, 1.82) is 0 Å². The summed E-state index contributed by atoms with van der Waals surface area (Å²) in [6.45, 7) is 0. The van der Waals surface area contributed by atoms with Crippen molar-refractivity contribution in [3.8, 4) is 45.0 Å². The maximum Gasteiger partial charge on any atom is 0.160 e. The summed E-state index contributed by atoms with van der Waals surface area (Å²) in [5.41, 5.74) is 13.8. The topological polar surface area (TPSA) is 32.3 Å². The number of anilines is 6. The van der Waals surface area contributed by atoms with Crippen molar-refractivity contribution in [1.82, 2.24) is 9.97 Å². The average molecular weight is 641 g/mol. The highest BCUT2D eigenvalue weighted by Gasteiger charge is 2.30. The lowest BCUT2D eigenvalue weighted by atomic mass is 9.97. The summed E-state index contributed by atoms with van der Waals surface area (Å²) in [5, 5.41) is 0. The van der Waals surface area contributed by atoms with Gasteiger partial charge in [0.05, 0.1) is 34.1 Å². The van der Waals surface area contributed by atoms with Crippen LogP contribution in [0.1, 0.15) is 0 Å². The summed E-state index contributed by atoms with van der Waals surface area (Å²) in [7, 11) is 0. The monoisotopic (exact) mass is 640 g/mol. The van der Waals surface area contributed by atoms with Crippen molar-refractivity contribution in [2.24, 2.45) is 0 Å². The van der Waals surface area contributed by atoms with Gasteiger partial charge in [0, 0.05) is 28.1 Å². The third-order valence-corrected chi connectivity index (χ3v) is 9.17.